The Balaban J connectivity index is 1.92. The maximum absolute atomic E-state index is 12.2. The molecule has 0 aromatic heterocycles. The summed E-state index contributed by atoms with van der Waals surface area (Å²) in [7, 11) is 0. The summed E-state index contributed by atoms with van der Waals surface area (Å²) in [6.07, 6.45) is 5.45. The van der Waals surface area contributed by atoms with E-state index in [0.29, 0.717) is 0 Å². The van der Waals surface area contributed by atoms with Crippen molar-refractivity contribution in [2.45, 2.75) is 50.5 Å². The van der Waals surface area contributed by atoms with Crippen molar-refractivity contribution in [3.05, 3.63) is 71.8 Å². The van der Waals surface area contributed by atoms with Gasteiger partial charge in [-0.1, -0.05) is 93.3 Å². The number of benzene rings is 2. The van der Waals surface area contributed by atoms with E-state index >= 15 is 0 Å². The van der Waals surface area contributed by atoms with Gasteiger partial charge in [-0.05, 0) is 17.5 Å². The highest BCUT2D eigenvalue weighted by Crippen LogP contribution is 2.41. The van der Waals surface area contributed by atoms with Crippen LogP contribution in [0.4, 0.5) is 0 Å². The molecule has 3 nitrogen and oxygen atoms in total. The molecule has 2 aromatic carbocycles. The highest BCUT2D eigenvalue weighted by Gasteiger charge is 2.39. The zero-order chi connectivity index (χ0) is 19.7. The molecule has 3 heteroatoms. The molecule has 1 fully saturated rings. The summed E-state index contributed by atoms with van der Waals surface area (Å²) in [5, 5.41) is 12.2. The van der Waals surface area contributed by atoms with Gasteiger partial charge in [0.1, 0.15) is 0 Å². The van der Waals surface area contributed by atoms with Crippen LogP contribution in [-0.4, -0.2) is 42.9 Å². The van der Waals surface area contributed by atoms with Crippen LogP contribution >= 0.6 is 0 Å². The van der Waals surface area contributed by atoms with Crippen molar-refractivity contribution in [3.8, 4) is 0 Å². The number of nitrogens with zero attached hydrogens (tertiary/aromatic N) is 1. The van der Waals surface area contributed by atoms with Gasteiger partial charge in [-0.2, -0.15) is 0 Å². The SMILES string of the molecule is CCCCCC[C@](O)(c1ccccc1)[C@@H](CN1CCOCC1)c1ccccc1. The summed E-state index contributed by atoms with van der Waals surface area (Å²) < 4.78 is 5.54. The second-order valence-electron chi connectivity index (χ2n) is 7.98. The molecule has 0 aliphatic carbocycles. The van der Waals surface area contributed by atoms with Gasteiger partial charge in [-0.3, -0.25) is 4.90 Å². The van der Waals surface area contributed by atoms with Crippen molar-refractivity contribution >= 4 is 0 Å². The molecule has 0 saturated carbocycles. The molecule has 2 aromatic rings. The highest BCUT2D eigenvalue weighted by molar-refractivity contribution is 5.31. The first-order valence-corrected chi connectivity index (χ1v) is 10.9. The molecule has 1 saturated heterocycles. The van der Waals surface area contributed by atoms with Crippen molar-refractivity contribution < 1.29 is 9.84 Å². The zero-order valence-corrected chi connectivity index (χ0v) is 17.2. The molecule has 152 valence electrons. The number of hydrogen-bond acceptors (Lipinski definition) is 3. The first-order chi connectivity index (χ1) is 13.7. The molecule has 1 aliphatic heterocycles. The number of unbranched alkanes of at least 4 members (excludes halogenated alkanes) is 3. The van der Waals surface area contributed by atoms with Crippen molar-refractivity contribution in [3.63, 3.8) is 0 Å². The van der Waals surface area contributed by atoms with Gasteiger partial charge in [0.2, 0.25) is 0 Å². The predicted octanol–water partition coefficient (Wildman–Crippen LogP) is 4.96. The molecule has 2 atom stereocenters. The van der Waals surface area contributed by atoms with Gasteiger partial charge in [0.15, 0.2) is 0 Å². The maximum Gasteiger partial charge on any atom is 0.0977 e. The molecule has 28 heavy (non-hydrogen) atoms. The summed E-state index contributed by atoms with van der Waals surface area (Å²) in [6.45, 7) is 6.51. The van der Waals surface area contributed by atoms with E-state index in [1.54, 1.807) is 0 Å². The summed E-state index contributed by atoms with van der Waals surface area (Å²) >= 11 is 0. The summed E-state index contributed by atoms with van der Waals surface area (Å²) in [5.74, 6) is 0.0378. The third-order valence-electron chi connectivity index (χ3n) is 6.01. The van der Waals surface area contributed by atoms with Crippen molar-refractivity contribution in [1.82, 2.24) is 4.90 Å². The lowest BCUT2D eigenvalue weighted by atomic mass is 9.74. The summed E-state index contributed by atoms with van der Waals surface area (Å²) in [6, 6.07) is 20.9. The van der Waals surface area contributed by atoms with Crippen molar-refractivity contribution in [1.29, 1.82) is 0 Å². The van der Waals surface area contributed by atoms with Gasteiger partial charge >= 0.3 is 0 Å². The van der Waals surface area contributed by atoms with E-state index in [1.165, 1.54) is 24.8 Å². The van der Waals surface area contributed by atoms with E-state index in [1.807, 2.05) is 18.2 Å². The van der Waals surface area contributed by atoms with E-state index in [0.717, 1.165) is 51.3 Å². The van der Waals surface area contributed by atoms with Gasteiger partial charge in [0.25, 0.3) is 0 Å². The van der Waals surface area contributed by atoms with Crippen LogP contribution in [0.1, 0.15) is 56.1 Å². The first kappa shape index (κ1) is 21.0. The number of morpholine rings is 1. The Kier molecular flexibility index (Phi) is 8.08. The van der Waals surface area contributed by atoms with Crippen molar-refractivity contribution in [2.75, 3.05) is 32.8 Å². The standard InChI is InChI=1S/C25H35NO2/c1-2-3-4-11-16-25(27,23-14-9-6-10-15-23)24(22-12-7-5-8-13-22)21-26-17-19-28-20-18-26/h5-10,12-15,24,27H,2-4,11,16-21H2,1H3/t24-,25-/m0/s1. The lowest BCUT2D eigenvalue weighted by Gasteiger charge is -2.41. The predicted molar refractivity (Wildman–Crippen MR) is 116 cm³/mol. The molecule has 3 rings (SSSR count). The summed E-state index contributed by atoms with van der Waals surface area (Å²) in [4.78, 5) is 2.45. The normalized spacial score (nSPS) is 18.5. The molecule has 0 radical (unpaired) electrons. The maximum atomic E-state index is 12.2. The molecule has 1 heterocycles. The van der Waals surface area contributed by atoms with Crippen LogP contribution in [0, 0.1) is 0 Å². The van der Waals surface area contributed by atoms with Crippen LogP contribution in [0.5, 0.6) is 0 Å². The average molecular weight is 382 g/mol. The fourth-order valence-electron chi connectivity index (χ4n) is 4.33. The minimum atomic E-state index is -0.866. The zero-order valence-electron chi connectivity index (χ0n) is 17.2. The van der Waals surface area contributed by atoms with Crippen LogP contribution in [0.15, 0.2) is 60.7 Å². The Bertz CT molecular complexity index is 669. The minimum absolute atomic E-state index is 0.0378. The number of hydrogen-bond donors (Lipinski definition) is 1. The topological polar surface area (TPSA) is 32.7 Å². The second-order valence-corrected chi connectivity index (χ2v) is 7.98. The fourth-order valence-corrected chi connectivity index (χ4v) is 4.33. The lowest BCUT2D eigenvalue weighted by Crippen LogP contribution is -2.45. The largest absolute Gasteiger partial charge is 0.384 e. The van der Waals surface area contributed by atoms with Crippen LogP contribution in [-0.2, 0) is 10.3 Å². The molecule has 0 amide bonds. The molecular formula is C25H35NO2. The molecule has 1 N–H and O–H groups in total. The van der Waals surface area contributed by atoms with Crippen LogP contribution in [0.3, 0.4) is 0 Å². The quantitative estimate of drug-likeness (QED) is 0.590. The van der Waals surface area contributed by atoms with Gasteiger partial charge in [0, 0.05) is 25.6 Å². The van der Waals surface area contributed by atoms with E-state index in [9.17, 15) is 5.11 Å². The lowest BCUT2D eigenvalue weighted by molar-refractivity contribution is -0.0296. The fraction of sp³-hybridized carbons (Fsp3) is 0.520. The molecule has 1 aliphatic rings. The third-order valence-corrected chi connectivity index (χ3v) is 6.01. The number of rotatable bonds is 10. The average Bonchev–Trinajstić information content (AvgIpc) is 2.77. The summed E-state index contributed by atoms with van der Waals surface area (Å²) in [5.41, 5.74) is 1.39. The van der Waals surface area contributed by atoms with Crippen LogP contribution in [0.2, 0.25) is 0 Å². The smallest absolute Gasteiger partial charge is 0.0977 e. The Hall–Kier alpha value is -1.68. The Morgan fingerprint density at radius 1 is 0.929 bits per heavy atom. The van der Waals surface area contributed by atoms with E-state index in [-0.39, 0.29) is 5.92 Å². The Morgan fingerprint density at radius 2 is 1.57 bits per heavy atom. The Morgan fingerprint density at radius 3 is 2.21 bits per heavy atom. The Labute approximate surface area is 170 Å². The molecule has 0 bridgehead atoms. The van der Waals surface area contributed by atoms with Gasteiger partial charge in [0.05, 0.1) is 18.8 Å². The molecular weight excluding hydrogens is 346 g/mol. The van der Waals surface area contributed by atoms with E-state index < -0.39 is 5.60 Å². The third kappa shape index (κ3) is 5.44. The van der Waals surface area contributed by atoms with Gasteiger partial charge in [-0.25, -0.2) is 0 Å². The van der Waals surface area contributed by atoms with Crippen molar-refractivity contribution in [2.24, 2.45) is 0 Å². The molecule has 0 unspecified atom stereocenters. The van der Waals surface area contributed by atoms with Crippen LogP contribution < -0.4 is 0 Å². The second kappa shape index (κ2) is 10.8. The molecule has 0 spiro atoms. The number of aliphatic hydroxyl groups is 1. The number of ether oxygens (including phenoxy) is 1. The van der Waals surface area contributed by atoms with Gasteiger partial charge in [-0.15, -0.1) is 0 Å². The van der Waals surface area contributed by atoms with Gasteiger partial charge < -0.3 is 9.84 Å². The minimum Gasteiger partial charge on any atom is -0.384 e. The van der Waals surface area contributed by atoms with E-state index in [2.05, 4.69) is 54.3 Å². The van der Waals surface area contributed by atoms with E-state index in [4.69, 9.17) is 4.74 Å². The monoisotopic (exact) mass is 381 g/mol. The van der Waals surface area contributed by atoms with Crippen LogP contribution in [0.25, 0.3) is 0 Å². The first-order valence-electron chi connectivity index (χ1n) is 10.9. The highest BCUT2D eigenvalue weighted by atomic mass is 16.5.